The Hall–Kier alpha value is -3.88. The highest BCUT2D eigenvalue weighted by molar-refractivity contribution is 5.77. The van der Waals surface area contributed by atoms with Gasteiger partial charge in [-0.25, -0.2) is 23.7 Å². The lowest BCUT2D eigenvalue weighted by molar-refractivity contribution is -0.149. The summed E-state index contributed by atoms with van der Waals surface area (Å²) in [6.45, 7) is 2.19. The van der Waals surface area contributed by atoms with Gasteiger partial charge in [0.15, 0.2) is 5.65 Å². The van der Waals surface area contributed by atoms with Crippen molar-refractivity contribution in [2.45, 2.75) is 38.7 Å². The Morgan fingerprint density at radius 1 is 1.06 bits per heavy atom. The van der Waals surface area contributed by atoms with Crippen LogP contribution in [0.15, 0.2) is 48.8 Å². The quantitative estimate of drug-likeness (QED) is 0.370. The number of carbonyl (C=O) groups excluding carboxylic acids is 1. The Kier molecular flexibility index (Phi) is 6.39. The fourth-order valence-electron chi connectivity index (χ4n) is 4.38. The van der Waals surface area contributed by atoms with E-state index in [1.54, 1.807) is 37.4 Å². The molecule has 180 valence electrons. The predicted molar refractivity (Wildman–Crippen MR) is 125 cm³/mol. The van der Waals surface area contributed by atoms with Crippen LogP contribution in [0.3, 0.4) is 0 Å². The first-order chi connectivity index (χ1) is 17.0. The highest BCUT2D eigenvalue weighted by Crippen LogP contribution is 2.32. The van der Waals surface area contributed by atoms with Gasteiger partial charge in [0.2, 0.25) is 5.88 Å². The van der Waals surface area contributed by atoms with E-state index in [-0.39, 0.29) is 34.9 Å². The Bertz CT molecular complexity index is 1320. The van der Waals surface area contributed by atoms with E-state index in [0.29, 0.717) is 42.1 Å². The lowest BCUT2D eigenvalue weighted by Crippen LogP contribution is -2.29. The molecule has 1 aromatic carbocycles. The first-order valence-corrected chi connectivity index (χ1v) is 11.6. The maximum absolute atomic E-state index is 15.0. The van der Waals surface area contributed by atoms with Crippen molar-refractivity contribution in [3.8, 4) is 28.4 Å². The summed E-state index contributed by atoms with van der Waals surface area (Å²) < 4.78 is 40.9. The van der Waals surface area contributed by atoms with E-state index < -0.39 is 11.6 Å². The van der Waals surface area contributed by atoms with Crippen LogP contribution in [0.4, 0.5) is 8.78 Å². The van der Waals surface area contributed by atoms with Gasteiger partial charge in [0.1, 0.15) is 29.1 Å². The average molecular weight is 478 g/mol. The smallest absolute Gasteiger partial charge is 0.308 e. The molecule has 3 heterocycles. The number of nitrogens with zero attached hydrogens (tertiary/aromatic N) is 3. The predicted octanol–water partition coefficient (Wildman–Crippen LogP) is 5.47. The van der Waals surface area contributed by atoms with Crippen LogP contribution in [0.5, 0.6) is 5.88 Å². The summed E-state index contributed by atoms with van der Waals surface area (Å²) in [5, 5.41) is 0. The molecule has 1 aliphatic rings. The Labute approximate surface area is 200 Å². The Balaban J connectivity index is 1.28. The van der Waals surface area contributed by atoms with E-state index in [2.05, 4.69) is 19.9 Å². The highest BCUT2D eigenvalue weighted by atomic mass is 19.1. The molecule has 7 nitrogen and oxygen atoms in total. The summed E-state index contributed by atoms with van der Waals surface area (Å²) in [4.78, 5) is 27.5. The van der Waals surface area contributed by atoms with Crippen molar-refractivity contribution in [1.82, 2.24) is 19.9 Å². The summed E-state index contributed by atoms with van der Waals surface area (Å²) >= 11 is 0. The maximum atomic E-state index is 15.0. The molecule has 0 unspecified atom stereocenters. The third-order valence-electron chi connectivity index (χ3n) is 6.20. The van der Waals surface area contributed by atoms with E-state index in [0.717, 1.165) is 25.0 Å². The number of nitrogens with one attached hydrogen (secondary N) is 1. The van der Waals surface area contributed by atoms with Crippen LogP contribution in [0.2, 0.25) is 0 Å². The molecule has 1 fully saturated rings. The third kappa shape index (κ3) is 4.84. The molecule has 0 saturated heterocycles. The second-order valence-corrected chi connectivity index (χ2v) is 8.50. The van der Waals surface area contributed by atoms with E-state index >= 15 is 0 Å². The van der Waals surface area contributed by atoms with Gasteiger partial charge in [-0.15, -0.1) is 0 Å². The average Bonchev–Trinajstić information content (AvgIpc) is 3.30. The number of H-pyrrole nitrogens is 1. The van der Waals surface area contributed by atoms with Crippen molar-refractivity contribution in [2.24, 2.45) is 5.92 Å². The Morgan fingerprint density at radius 2 is 1.83 bits per heavy atom. The number of aromatic amines is 1. The van der Waals surface area contributed by atoms with E-state index in [1.807, 2.05) is 0 Å². The molecule has 0 atom stereocenters. The molecule has 4 aromatic rings. The molecule has 0 spiro atoms. The number of pyridine rings is 2. The van der Waals surface area contributed by atoms with Crippen molar-refractivity contribution >= 4 is 17.1 Å². The minimum absolute atomic E-state index is 0.0237. The number of carbonyl (C=O) groups is 1. The van der Waals surface area contributed by atoms with Gasteiger partial charge >= 0.3 is 5.97 Å². The summed E-state index contributed by atoms with van der Waals surface area (Å²) in [5.41, 5.74) is 1.61. The number of halogens is 2. The zero-order valence-corrected chi connectivity index (χ0v) is 19.1. The minimum Gasteiger partial charge on any atom is -0.474 e. The van der Waals surface area contributed by atoms with Crippen molar-refractivity contribution in [1.29, 1.82) is 0 Å². The summed E-state index contributed by atoms with van der Waals surface area (Å²) in [6, 6.07) is 9.01. The van der Waals surface area contributed by atoms with Crippen LogP contribution in [0, 0.1) is 17.6 Å². The topological polar surface area (TPSA) is 90.0 Å². The molecule has 1 aliphatic carbocycles. The summed E-state index contributed by atoms with van der Waals surface area (Å²) in [7, 11) is 0. The lowest BCUT2D eigenvalue weighted by atomic mass is 9.87. The molecule has 0 amide bonds. The molecule has 1 N–H and O–H groups in total. The fraction of sp³-hybridized carbons (Fsp3) is 0.308. The van der Waals surface area contributed by atoms with E-state index in [4.69, 9.17) is 9.47 Å². The van der Waals surface area contributed by atoms with Gasteiger partial charge in [-0.05, 0) is 62.9 Å². The number of rotatable bonds is 6. The van der Waals surface area contributed by atoms with Crippen LogP contribution in [-0.4, -0.2) is 38.6 Å². The standard InChI is InChI=1S/C26H24F2N4O3/c1-2-34-26(33)15-5-8-17(9-6-15)35-23-10-7-16(14-30-23)18-12-21(28)19(13-20(18)27)24-31-22-4-3-11-29-25(22)32-24/h3-4,7,10-15,17H,2,5-6,8-9H2,1H3,(H,29,31,32)/t15-,17+. The largest absolute Gasteiger partial charge is 0.474 e. The van der Waals surface area contributed by atoms with Crippen molar-refractivity contribution in [3.63, 3.8) is 0 Å². The van der Waals surface area contributed by atoms with Gasteiger partial charge in [0.25, 0.3) is 0 Å². The van der Waals surface area contributed by atoms with Crippen LogP contribution in [0.1, 0.15) is 32.6 Å². The van der Waals surface area contributed by atoms with E-state index in [9.17, 15) is 13.6 Å². The van der Waals surface area contributed by atoms with Crippen molar-refractivity contribution in [2.75, 3.05) is 6.61 Å². The molecule has 0 radical (unpaired) electrons. The fourth-order valence-corrected chi connectivity index (χ4v) is 4.38. The first kappa shape index (κ1) is 22.9. The van der Waals surface area contributed by atoms with Gasteiger partial charge in [0.05, 0.1) is 18.1 Å². The number of hydrogen-bond donors (Lipinski definition) is 1. The lowest BCUT2D eigenvalue weighted by Gasteiger charge is -2.27. The van der Waals surface area contributed by atoms with Crippen LogP contribution < -0.4 is 4.74 Å². The van der Waals surface area contributed by atoms with Crippen molar-refractivity contribution < 1.29 is 23.0 Å². The molecule has 0 bridgehead atoms. The van der Waals surface area contributed by atoms with Gasteiger partial charge in [-0.2, -0.15) is 0 Å². The normalized spacial score (nSPS) is 17.9. The number of esters is 1. The second-order valence-electron chi connectivity index (χ2n) is 8.50. The van der Waals surface area contributed by atoms with Gasteiger partial charge in [0, 0.05) is 29.6 Å². The van der Waals surface area contributed by atoms with Crippen LogP contribution in [-0.2, 0) is 9.53 Å². The molecule has 3 aromatic heterocycles. The van der Waals surface area contributed by atoms with Gasteiger partial charge in [-0.3, -0.25) is 4.79 Å². The molecular formula is C26H24F2N4O3. The van der Waals surface area contributed by atoms with Crippen LogP contribution in [0.25, 0.3) is 33.7 Å². The SMILES string of the molecule is CCOC(=O)[C@H]1CC[C@@H](Oc2ccc(-c3cc(F)c(-c4nc5cccnc5[nH]4)cc3F)cn2)CC1. The number of ether oxygens (including phenoxy) is 2. The molecular weight excluding hydrogens is 454 g/mol. The molecule has 0 aliphatic heterocycles. The maximum Gasteiger partial charge on any atom is 0.308 e. The second kappa shape index (κ2) is 9.77. The summed E-state index contributed by atoms with van der Waals surface area (Å²) in [6.07, 6.45) is 5.88. The molecule has 9 heteroatoms. The molecule has 35 heavy (non-hydrogen) atoms. The number of fused-ring (bicyclic) bond motifs is 1. The molecule has 5 rings (SSSR count). The molecule has 1 saturated carbocycles. The van der Waals surface area contributed by atoms with Gasteiger partial charge < -0.3 is 14.5 Å². The highest BCUT2D eigenvalue weighted by Gasteiger charge is 2.28. The monoisotopic (exact) mass is 478 g/mol. The summed E-state index contributed by atoms with van der Waals surface area (Å²) in [5.74, 6) is -0.823. The zero-order valence-electron chi connectivity index (χ0n) is 19.1. The third-order valence-corrected chi connectivity index (χ3v) is 6.20. The number of hydrogen-bond acceptors (Lipinski definition) is 6. The van der Waals surface area contributed by atoms with E-state index in [1.165, 1.54) is 6.20 Å². The number of aromatic nitrogens is 4. The number of imidazole rings is 1. The van der Waals surface area contributed by atoms with Crippen LogP contribution >= 0.6 is 0 Å². The number of benzene rings is 1. The van der Waals surface area contributed by atoms with Crippen molar-refractivity contribution in [3.05, 3.63) is 60.4 Å². The Morgan fingerprint density at radius 3 is 2.54 bits per heavy atom. The zero-order chi connectivity index (χ0) is 24.4. The minimum atomic E-state index is -0.612. The first-order valence-electron chi connectivity index (χ1n) is 11.6. The van der Waals surface area contributed by atoms with Gasteiger partial charge in [-0.1, -0.05) is 0 Å².